The van der Waals surface area contributed by atoms with Gasteiger partial charge in [0.25, 0.3) is 0 Å². The monoisotopic (exact) mass is 449 g/mol. The van der Waals surface area contributed by atoms with E-state index in [0.717, 1.165) is 15.7 Å². The van der Waals surface area contributed by atoms with E-state index in [0.29, 0.717) is 11.5 Å². The van der Waals surface area contributed by atoms with Gasteiger partial charge in [-0.15, -0.1) is 0 Å². The van der Waals surface area contributed by atoms with Gasteiger partial charge in [0.05, 0.1) is 7.05 Å². The molecule has 3 aromatic rings. The van der Waals surface area contributed by atoms with Crippen molar-refractivity contribution in [3.63, 3.8) is 0 Å². The smallest absolute Gasteiger partial charge is 0.355 e. The number of imidazole rings is 1. The standard InChI is InChI=1S/C18H16BrN3O.BrH/c1-21-16(13-6-3-2-4-7-13)11-22(18(21)20)12-17(23)14-8-5-9-15(19)10-14;/h2-11,20H,12H2,1H3;1H. The van der Waals surface area contributed by atoms with Gasteiger partial charge in [-0.3, -0.25) is 10.5 Å². The van der Waals surface area contributed by atoms with Crippen molar-refractivity contribution in [1.29, 1.82) is 0 Å². The molecule has 4 nitrogen and oxygen atoms in total. The van der Waals surface area contributed by atoms with Crippen LogP contribution in [0.1, 0.15) is 10.4 Å². The zero-order chi connectivity index (χ0) is 16.4. The Kier molecular flexibility index (Phi) is 5.96. The molecule has 6 heteroatoms. The highest BCUT2D eigenvalue weighted by molar-refractivity contribution is 9.10. The number of nitrogens with zero attached hydrogens (tertiary/aromatic N) is 2. The van der Waals surface area contributed by atoms with Crippen LogP contribution in [0, 0.1) is 0 Å². The topological polar surface area (TPSA) is 51.9 Å². The SMILES string of the molecule is Cn1c(-c2ccccc2)c[n+](CC(=O)c2cccc(Br)c2)c1N.[Br-]. The van der Waals surface area contributed by atoms with Crippen molar-refractivity contribution < 1.29 is 26.3 Å². The van der Waals surface area contributed by atoms with Crippen LogP contribution >= 0.6 is 15.9 Å². The molecule has 124 valence electrons. The predicted octanol–water partition coefficient (Wildman–Crippen LogP) is 0.211. The normalized spacial score (nSPS) is 10.2. The second kappa shape index (κ2) is 7.77. The third kappa shape index (κ3) is 3.76. The Labute approximate surface area is 159 Å². The van der Waals surface area contributed by atoms with Crippen molar-refractivity contribution in [2.24, 2.45) is 7.05 Å². The summed E-state index contributed by atoms with van der Waals surface area (Å²) in [7, 11) is 1.90. The fourth-order valence-electron chi connectivity index (χ4n) is 2.53. The van der Waals surface area contributed by atoms with Gasteiger partial charge in [0.2, 0.25) is 0 Å². The average Bonchev–Trinajstić information content (AvgIpc) is 2.84. The van der Waals surface area contributed by atoms with Gasteiger partial charge in [-0.1, -0.05) is 58.4 Å². The number of nitrogens with two attached hydrogens (primary N) is 1. The highest BCUT2D eigenvalue weighted by atomic mass is 79.9. The summed E-state index contributed by atoms with van der Waals surface area (Å²) < 4.78 is 4.56. The molecule has 0 aliphatic rings. The van der Waals surface area contributed by atoms with Crippen LogP contribution in [0.2, 0.25) is 0 Å². The first-order valence-electron chi connectivity index (χ1n) is 7.25. The highest BCUT2D eigenvalue weighted by Crippen LogP contribution is 2.19. The summed E-state index contributed by atoms with van der Waals surface area (Å²) in [5, 5.41) is 0. The first-order valence-corrected chi connectivity index (χ1v) is 8.04. The van der Waals surface area contributed by atoms with Crippen molar-refractivity contribution in [2.75, 3.05) is 5.73 Å². The van der Waals surface area contributed by atoms with Crippen molar-refractivity contribution >= 4 is 27.7 Å². The first-order chi connectivity index (χ1) is 11.1. The maximum absolute atomic E-state index is 12.5. The molecule has 2 aromatic carbocycles. The minimum Gasteiger partial charge on any atom is -1.00 e. The molecule has 0 aliphatic carbocycles. The Morgan fingerprint density at radius 2 is 1.88 bits per heavy atom. The Morgan fingerprint density at radius 1 is 1.17 bits per heavy atom. The number of benzene rings is 2. The minimum atomic E-state index is 0. The van der Waals surface area contributed by atoms with E-state index >= 15 is 0 Å². The maximum atomic E-state index is 12.5. The molecule has 0 fully saturated rings. The number of nitrogen functional groups attached to an aromatic ring is 1. The fourth-order valence-corrected chi connectivity index (χ4v) is 2.93. The molecule has 1 heterocycles. The van der Waals surface area contributed by atoms with Crippen molar-refractivity contribution in [1.82, 2.24) is 4.57 Å². The Balaban J connectivity index is 0.00000208. The number of hydrogen-bond donors (Lipinski definition) is 1. The fraction of sp³-hybridized carbons (Fsp3) is 0.111. The number of hydrogen-bond acceptors (Lipinski definition) is 2. The summed E-state index contributed by atoms with van der Waals surface area (Å²) in [6.07, 6.45) is 1.92. The van der Waals surface area contributed by atoms with E-state index in [9.17, 15) is 4.79 Å². The molecule has 3 rings (SSSR count). The van der Waals surface area contributed by atoms with Crippen LogP contribution in [0.25, 0.3) is 11.3 Å². The van der Waals surface area contributed by atoms with E-state index in [1.165, 1.54) is 0 Å². The maximum Gasteiger partial charge on any atom is 0.355 e. The summed E-state index contributed by atoms with van der Waals surface area (Å²) in [4.78, 5) is 12.5. The van der Waals surface area contributed by atoms with Crippen LogP contribution < -0.4 is 27.3 Å². The molecule has 0 saturated carbocycles. The van der Waals surface area contributed by atoms with Gasteiger partial charge >= 0.3 is 5.95 Å². The number of Topliss-reactive ketones (excluding diaryl/α,β-unsaturated/α-hetero) is 1. The van der Waals surface area contributed by atoms with E-state index in [1.54, 1.807) is 4.57 Å². The van der Waals surface area contributed by atoms with E-state index < -0.39 is 0 Å². The molecule has 2 N–H and O–H groups in total. The van der Waals surface area contributed by atoms with Crippen molar-refractivity contribution in [2.45, 2.75) is 6.54 Å². The van der Waals surface area contributed by atoms with Crippen molar-refractivity contribution in [3.8, 4) is 11.3 Å². The zero-order valence-electron chi connectivity index (χ0n) is 13.1. The summed E-state index contributed by atoms with van der Waals surface area (Å²) in [5.41, 5.74) is 8.87. The molecule has 0 amide bonds. The second-order valence-corrected chi connectivity index (χ2v) is 6.27. The molecule has 24 heavy (non-hydrogen) atoms. The lowest BCUT2D eigenvalue weighted by Crippen LogP contribution is -3.00. The largest absolute Gasteiger partial charge is 1.00 e. The minimum absolute atomic E-state index is 0. The number of aromatic nitrogens is 2. The number of carbonyl (C=O) groups is 1. The summed E-state index contributed by atoms with van der Waals surface area (Å²) in [5.74, 6) is 0.570. The lowest BCUT2D eigenvalue weighted by molar-refractivity contribution is -0.667. The average molecular weight is 451 g/mol. The number of carbonyl (C=O) groups excluding carboxylic acids is 1. The van der Waals surface area contributed by atoms with Crippen LogP contribution in [-0.4, -0.2) is 10.4 Å². The number of ketones is 1. The lowest BCUT2D eigenvalue weighted by Gasteiger charge is -2.01. The van der Waals surface area contributed by atoms with Gasteiger partial charge in [0.1, 0.15) is 18.4 Å². The summed E-state index contributed by atoms with van der Waals surface area (Å²) in [6.45, 7) is 0.211. The molecule has 0 atom stereocenters. The zero-order valence-corrected chi connectivity index (χ0v) is 16.3. The Morgan fingerprint density at radius 3 is 2.54 bits per heavy atom. The van der Waals surface area contributed by atoms with E-state index in [-0.39, 0.29) is 29.3 Å². The van der Waals surface area contributed by atoms with Gasteiger partial charge in [-0.25, -0.2) is 9.13 Å². The number of anilines is 1. The third-order valence-electron chi connectivity index (χ3n) is 3.81. The molecule has 1 aromatic heterocycles. The molecular weight excluding hydrogens is 434 g/mol. The van der Waals surface area contributed by atoms with Crippen molar-refractivity contribution in [3.05, 3.63) is 70.8 Å². The first kappa shape index (κ1) is 18.4. The second-order valence-electron chi connectivity index (χ2n) is 5.36. The number of halogens is 2. The van der Waals surface area contributed by atoms with E-state index in [1.807, 2.05) is 72.4 Å². The van der Waals surface area contributed by atoms with Gasteiger partial charge in [0, 0.05) is 15.6 Å². The highest BCUT2D eigenvalue weighted by Gasteiger charge is 2.20. The van der Waals surface area contributed by atoms with Gasteiger partial charge in [-0.2, -0.15) is 0 Å². The van der Waals surface area contributed by atoms with Crippen LogP contribution in [0.5, 0.6) is 0 Å². The molecule has 0 spiro atoms. The van der Waals surface area contributed by atoms with Gasteiger partial charge < -0.3 is 17.0 Å². The quantitative estimate of drug-likeness (QED) is 0.456. The van der Waals surface area contributed by atoms with Crippen LogP contribution in [0.15, 0.2) is 65.3 Å². The van der Waals surface area contributed by atoms with Crippen LogP contribution in [0.3, 0.4) is 0 Å². The van der Waals surface area contributed by atoms with Gasteiger partial charge in [-0.05, 0) is 12.1 Å². The summed E-state index contributed by atoms with van der Waals surface area (Å²) in [6, 6.07) is 17.4. The van der Waals surface area contributed by atoms with E-state index in [2.05, 4.69) is 15.9 Å². The molecule has 0 radical (unpaired) electrons. The lowest BCUT2D eigenvalue weighted by atomic mass is 10.1. The van der Waals surface area contributed by atoms with Crippen LogP contribution in [-0.2, 0) is 13.6 Å². The number of rotatable bonds is 4. The van der Waals surface area contributed by atoms with E-state index in [4.69, 9.17) is 5.73 Å². The third-order valence-corrected chi connectivity index (χ3v) is 4.30. The van der Waals surface area contributed by atoms with Crippen LogP contribution in [0.4, 0.5) is 5.95 Å². The Hall–Kier alpha value is -1.92. The Bertz CT molecular complexity index is 860. The summed E-state index contributed by atoms with van der Waals surface area (Å²) >= 11 is 3.39. The molecular formula is C18H17Br2N3O. The predicted molar refractivity (Wildman–Crippen MR) is 93.9 cm³/mol. The molecule has 0 saturated heterocycles. The molecule has 0 unspecified atom stereocenters. The molecule has 0 bridgehead atoms. The molecule has 0 aliphatic heterocycles. The van der Waals surface area contributed by atoms with Gasteiger partial charge in [0.15, 0.2) is 5.78 Å².